The Morgan fingerprint density at radius 2 is 1.92 bits per heavy atom. The van der Waals surface area contributed by atoms with E-state index >= 15 is 0 Å². The molecule has 1 aliphatic heterocycles. The fourth-order valence-corrected chi connectivity index (χ4v) is 4.18. The molecule has 0 radical (unpaired) electrons. The normalized spacial score (nSPS) is 18.4. The Morgan fingerprint density at radius 3 is 2.58 bits per heavy atom. The third-order valence-electron chi connectivity index (χ3n) is 5.07. The molecule has 1 spiro atoms. The van der Waals surface area contributed by atoms with Crippen LogP contribution >= 0.6 is 11.8 Å². The molecule has 2 aliphatic rings. The molecule has 1 saturated heterocycles. The fourth-order valence-electron chi connectivity index (χ4n) is 3.66. The van der Waals surface area contributed by atoms with Crippen molar-refractivity contribution in [2.24, 2.45) is 0 Å². The smallest absolute Gasteiger partial charge is 0.325 e. The topological polar surface area (TPSA) is 78.5 Å². The highest BCUT2D eigenvalue weighted by Gasteiger charge is 2.51. The standard InChI is InChI=1S/C19H25N3O3S/c1-26-13-14-5-7-15(8-6-14)16(23)20-11-4-12-22-17(24)19(21-18(22)25)9-2-3-10-19/h5-8H,2-4,9-13H2,1H3,(H,20,23)(H,21,25). The highest BCUT2D eigenvalue weighted by molar-refractivity contribution is 7.97. The number of amides is 4. The number of carbonyl (C=O) groups excluding carboxylic acids is 3. The van der Waals surface area contributed by atoms with E-state index in [0.717, 1.165) is 31.4 Å². The van der Waals surface area contributed by atoms with Gasteiger partial charge in [-0.1, -0.05) is 25.0 Å². The Morgan fingerprint density at radius 1 is 1.23 bits per heavy atom. The Kier molecular flexibility index (Phi) is 5.86. The summed E-state index contributed by atoms with van der Waals surface area (Å²) in [6.07, 6.45) is 6.01. The number of nitrogens with one attached hydrogen (secondary N) is 2. The van der Waals surface area contributed by atoms with Crippen molar-refractivity contribution in [2.45, 2.75) is 43.4 Å². The van der Waals surface area contributed by atoms with Crippen LogP contribution in [0.1, 0.15) is 48.0 Å². The molecule has 140 valence electrons. The van der Waals surface area contributed by atoms with Gasteiger partial charge in [-0.3, -0.25) is 14.5 Å². The third kappa shape index (κ3) is 3.87. The largest absolute Gasteiger partial charge is 0.352 e. The summed E-state index contributed by atoms with van der Waals surface area (Å²) in [4.78, 5) is 38.1. The van der Waals surface area contributed by atoms with Crippen molar-refractivity contribution in [1.82, 2.24) is 15.5 Å². The van der Waals surface area contributed by atoms with Crippen LogP contribution in [0.2, 0.25) is 0 Å². The zero-order valence-corrected chi connectivity index (χ0v) is 15.9. The lowest BCUT2D eigenvalue weighted by atomic mass is 9.98. The van der Waals surface area contributed by atoms with Gasteiger partial charge in [-0.2, -0.15) is 11.8 Å². The molecule has 7 heteroatoms. The van der Waals surface area contributed by atoms with Gasteiger partial charge in [0, 0.05) is 24.4 Å². The van der Waals surface area contributed by atoms with E-state index in [1.807, 2.05) is 30.5 Å². The average molecular weight is 375 g/mol. The van der Waals surface area contributed by atoms with Crippen LogP contribution in [0.5, 0.6) is 0 Å². The Balaban J connectivity index is 1.44. The summed E-state index contributed by atoms with van der Waals surface area (Å²) < 4.78 is 0. The van der Waals surface area contributed by atoms with Crippen LogP contribution in [0.25, 0.3) is 0 Å². The summed E-state index contributed by atoms with van der Waals surface area (Å²) in [6.45, 7) is 0.759. The number of carbonyl (C=O) groups is 3. The quantitative estimate of drug-likeness (QED) is 0.567. The molecular formula is C19H25N3O3S. The maximum Gasteiger partial charge on any atom is 0.325 e. The van der Waals surface area contributed by atoms with Gasteiger partial charge in [0.2, 0.25) is 0 Å². The number of rotatable bonds is 7. The number of hydrogen-bond acceptors (Lipinski definition) is 4. The zero-order valence-electron chi connectivity index (χ0n) is 15.0. The monoisotopic (exact) mass is 375 g/mol. The van der Waals surface area contributed by atoms with Gasteiger partial charge in [-0.05, 0) is 43.2 Å². The first-order valence-corrected chi connectivity index (χ1v) is 10.5. The van der Waals surface area contributed by atoms with Gasteiger partial charge in [-0.15, -0.1) is 0 Å². The summed E-state index contributed by atoms with van der Waals surface area (Å²) >= 11 is 1.74. The predicted molar refractivity (Wildman–Crippen MR) is 102 cm³/mol. The molecule has 2 fully saturated rings. The number of benzene rings is 1. The number of urea groups is 1. The number of hydrogen-bond donors (Lipinski definition) is 2. The van der Waals surface area contributed by atoms with Gasteiger partial charge in [0.15, 0.2) is 0 Å². The van der Waals surface area contributed by atoms with Crippen LogP contribution in [0.15, 0.2) is 24.3 Å². The predicted octanol–water partition coefficient (Wildman–Crippen LogP) is 2.53. The molecule has 2 N–H and O–H groups in total. The molecule has 1 aromatic carbocycles. The summed E-state index contributed by atoms with van der Waals surface area (Å²) in [5.41, 5.74) is 1.15. The van der Waals surface area contributed by atoms with Gasteiger partial charge >= 0.3 is 6.03 Å². The number of nitrogens with zero attached hydrogens (tertiary/aromatic N) is 1. The first-order valence-electron chi connectivity index (χ1n) is 9.06. The van der Waals surface area contributed by atoms with E-state index in [9.17, 15) is 14.4 Å². The number of imide groups is 1. The molecule has 6 nitrogen and oxygen atoms in total. The second-order valence-corrected chi connectivity index (χ2v) is 7.78. The van der Waals surface area contributed by atoms with Gasteiger partial charge in [0.05, 0.1) is 0 Å². The second-order valence-electron chi connectivity index (χ2n) is 6.92. The second kappa shape index (κ2) is 8.12. The van der Waals surface area contributed by atoms with Crippen LogP contribution in [-0.4, -0.2) is 47.6 Å². The molecule has 3 rings (SSSR count). The Hall–Kier alpha value is -2.02. The van der Waals surface area contributed by atoms with Crippen molar-refractivity contribution >= 4 is 29.6 Å². The molecule has 1 saturated carbocycles. The molecule has 1 heterocycles. The van der Waals surface area contributed by atoms with E-state index in [1.165, 1.54) is 10.5 Å². The minimum Gasteiger partial charge on any atom is -0.352 e. The molecule has 1 aliphatic carbocycles. The van der Waals surface area contributed by atoms with E-state index in [1.54, 1.807) is 11.8 Å². The molecule has 26 heavy (non-hydrogen) atoms. The summed E-state index contributed by atoms with van der Waals surface area (Å²) in [6, 6.07) is 7.26. The van der Waals surface area contributed by atoms with Crippen molar-refractivity contribution in [3.8, 4) is 0 Å². The molecule has 0 atom stereocenters. The first kappa shape index (κ1) is 18.8. The van der Waals surface area contributed by atoms with E-state index in [4.69, 9.17) is 0 Å². The van der Waals surface area contributed by atoms with Crippen LogP contribution in [0.4, 0.5) is 4.79 Å². The van der Waals surface area contributed by atoms with Crippen molar-refractivity contribution < 1.29 is 14.4 Å². The van der Waals surface area contributed by atoms with E-state index in [2.05, 4.69) is 10.6 Å². The molecule has 4 amide bonds. The summed E-state index contributed by atoms with van der Waals surface area (Å²) in [5.74, 6) is 0.691. The van der Waals surface area contributed by atoms with Crippen LogP contribution in [-0.2, 0) is 10.5 Å². The van der Waals surface area contributed by atoms with E-state index in [0.29, 0.717) is 25.1 Å². The van der Waals surface area contributed by atoms with Crippen molar-refractivity contribution in [2.75, 3.05) is 19.3 Å². The molecule has 0 bridgehead atoms. The highest BCUT2D eigenvalue weighted by atomic mass is 32.2. The molecule has 1 aromatic rings. The minimum absolute atomic E-state index is 0.101. The maximum absolute atomic E-state index is 12.5. The summed E-state index contributed by atoms with van der Waals surface area (Å²) in [7, 11) is 0. The Bertz CT molecular complexity index is 684. The van der Waals surface area contributed by atoms with Crippen molar-refractivity contribution in [3.05, 3.63) is 35.4 Å². The lowest BCUT2D eigenvalue weighted by molar-refractivity contribution is -0.131. The maximum atomic E-state index is 12.5. The van der Waals surface area contributed by atoms with Gasteiger partial charge < -0.3 is 10.6 Å². The van der Waals surface area contributed by atoms with Crippen LogP contribution < -0.4 is 10.6 Å². The first-order chi connectivity index (χ1) is 12.6. The zero-order chi connectivity index (χ0) is 18.6. The van der Waals surface area contributed by atoms with Gasteiger partial charge in [0.25, 0.3) is 11.8 Å². The number of thioether (sulfide) groups is 1. The minimum atomic E-state index is -0.654. The molecule has 0 unspecified atom stereocenters. The van der Waals surface area contributed by atoms with Crippen LogP contribution in [0, 0.1) is 0 Å². The fraction of sp³-hybridized carbons (Fsp3) is 0.526. The SMILES string of the molecule is CSCc1ccc(C(=O)NCCCN2C(=O)NC3(CCCC3)C2=O)cc1. The van der Waals surface area contributed by atoms with E-state index in [-0.39, 0.29) is 17.8 Å². The highest BCUT2D eigenvalue weighted by Crippen LogP contribution is 2.34. The van der Waals surface area contributed by atoms with Crippen molar-refractivity contribution in [1.29, 1.82) is 0 Å². The Labute approximate surface area is 158 Å². The lowest BCUT2D eigenvalue weighted by Gasteiger charge is -2.20. The molecule has 0 aromatic heterocycles. The van der Waals surface area contributed by atoms with Crippen LogP contribution in [0.3, 0.4) is 0 Å². The van der Waals surface area contributed by atoms with Crippen molar-refractivity contribution in [3.63, 3.8) is 0 Å². The average Bonchev–Trinajstić information content (AvgIpc) is 3.19. The van der Waals surface area contributed by atoms with Gasteiger partial charge in [-0.25, -0.2) is 4.79 Å². The summed E-state index contributed by atoms with van der Waals surface area (Å²) in [5, 5.41) is 5.72. The van der Waals surface area contributed by atoms with Gasteiger partial charge in [0.1, 0.15) is 5.54 Å². The lowest BCUT2D eigenvalue weighted by Crippen LogP contribution is -2.44. The van der Waals surface area contributed by atoms with E-state index < -0.39 is 5.54 Å². The molecular weight excluding hydrogens is 350 g/mol. The third-order valence-corrected chi connectivity index (χ3v) is 5.70.